The molecule has 0 radical (unpaired) electrons. The normalized spacial score (nSPS) is 11.5. The topological polar surface area (TPSA) is 43.1 Å². The summed E-state index contributed by atoms with van der Waals surface area (Å²) in [4.78, 5) is 8.30. The molecule has 86 valence electrons. The molecule has 2 heterocycles. The number of nitrogens with zero attached hydrogens (tertiary/aromatic N) is 4. The zero-order chi connectivity index (χ0) is 12.2. The Morgan fingerprint density at radius 3 is 2.76 bits per heavy atom. The molecule has 3 rings (SSSR count). The molecule has 0 N–H and O–H groups in total. The molecule has 6 heteroatoms. The van der Waals surface area contributed by atoms with E-state index in [2.05, 4.69) is 15.1 Å². The van der Waals surface area contributed by atoms with E-state index in [1.807, 2.05) is 0 Å². The van der Waals surface area contributed by atoms with Crippen LogP contribution in [0.4, 0.5) is 4.39 Å². The number of rotatable bonds is 0. The summed E-state index contributed by atoms with van der Waals surface area (Å²) >= 11 is 5.97. The molecule has 0 atom stereocenters. The van der Waals surface area contributed by atoms with Crippen molar-refractivity contribution in [3.63, 3.8) is 0 Å². The van der Waals surface area contributed by atoms with Crippen molar-refractivity contribution in [2.75, 3.05) is 0 Å². The molecule has 0 aliphatic heterocycles. The third-order valence-electron chi connectivity index (χ3n) is 2.64. The summed E-state index contributed by atoms with van der Waals surface area (Å²) in [6, 6.07) is 3.39. The fraction of sp³-hybridized carbons (Fsp3) is 0.182. The first-order valence-electron chi connectivity index (χ1n) is 5.05. The van der Waals surface area contributed by atoms with E-state index in [-0.39, 0.29) is 11.1 Å². The van der Waals surface area contributed by atoms with E-state index in [1.54, 1.807) is 26.0 Å². The maximum Gasteiger partial charge on any atom is 0.226 e. The van der Waals surface area contributed by atoms with E-state index in [0.29, 0.717) is 27.9 Å². The third-order valence-corrected chi connectivity index (χ3v) is 2.88. The van der Waals surface area contributed by atoms with Gasteiger partial charge in [0.2, 0.25) is 5.28 Å². The molecule has 17 heavy (non-hydrogen) atoms. The third kappa shape index (κ3) is 1.39. The fourth-order valence-corrected chi connectivity index (χ4v) is 2.04. The summed E-state index contributed by atoms with van der Waals surface area (Å²) in [6.45, 7) is 3.42. The Kier molecular flexibility index (Phi) is 2.06. The summed E-state index contributed by atoms with van der Waals surface area (Å²) < 4.78 is 15.5. The number of benzene rings is 1. The number of hydrogen-bond donors (Lipinski definition) is 0. The van der Waals surface area contributed by atoms with Gasteiger partial charge in [0.15, 0.2) is 5.65 Å². The van der Waals surface area contributed by atoms with Gasteiger partial charge in [-0.05, 0) is 37.1 Å². The molecule has 0 saturated carbocycles. The molecule has 0 aliphatic carbocycles. The first-order valence-corrected chi connectivity index (χ1v) is 5.43. The summed E-state index contributed by atoms with van der Waals surface area (Å²) in [6.07, 6.45) is 0. The van der Waals surface area contributed by atoms with Crippen molar-refractivity contribution in [2.45, 2.75) is 13.8 Å². The van der Waals surface area contributed by atoms with Crippen molar-refractivity contribution in [1.29, 1.82) is 0 Å². The summed E-state index contributed by atoms with van der Waals surface area (Å²) in [5.41, 5.74) is 1.43. The molecule has 0 fully saturated rings. The highest BCUT2D eigenvalue weighted by atomic mass is 35.5. The van der Waals surface area contributed by atoms with Crippen LogP contribution in [0.1, 0.15) is 11.4 Å². The number of fused-ring (bicyclic) bond motifs is 3. The van der Waals surface area contributed by atoms with Gasteiger partial charge in [-0.1, -0.05) is 6.07 Å². The molecule has 2 aromatic heterocycles. The van der Waals surface area contributed by atoms with Crippen LogP contribution in [0.3, 0.4) is 0 Å². The Morgan fingerprint density at radius 2 is 2.00 bits per heavy atom. The molecular weight excluding hydrogens is 243 g/mol. The zero-order valence-electron chi connectivity index (χ0n) is 9.20. The Bertz CT molecular complexity index is 750. The maximum absolute atomic E-state index is 14.1. The van der Waals surface area contributed by atoms with Crippen LogP contribution in [0.25, 0.3) is 16.6 Å². The fourth-order valence-electron chi connectivity index (χ4n) is 1.83. The lowest BCUT2D eigenvalue weighted by Gasteiger charge is -2.04. The molecule has 0 spiro atoms. The van der Waals surface area contributed by atoms with Gasteiger partial charge in [-0.15, -0.1) is 5.10 Å². The molecule has 3 aromatic rings. The van der Waals surface area contributed by atoms with Crippen LogP contribution >= 0.6 is 11.6 Å². The summed E-state index contributed by atoms with van der Waals surface area (Å²) in [7, 11) is 0. The number of halogens is 2. The number of hydrogen-bond acceptors (Lipinski definition) is 3. The lowest BCUT2D eigenvalue weighted by molar-refractivity contribution is 0.630. The molecule has 1 aromatic carbocycles. The maximum atomic E-state index is 14.1. The highest BCUT2D eigenvalue weighted by Crippen LogP contribution is 2.25. The van der Waals surface area contributed by atoms with Crippen LogP contribution in [0.2, 0.25) is 5.28 Å². The van der Waals surface area contributed by atoms with E-state index in [1.165, 1.54) is 4.52 Å². The van der Waals surface area contributed by atoms with Crippen LogP contribution in [-0.2, 0) is 0 Å². The van der Waals surface area contributed by atoms with Gasteiger partial charge in [-0.2, -0.15) is 4.52 Å². The highest BCUT2D eigenvalue weighted by molar-refractivity contribution is 6.29. The van der Waals surface area contributed by atoms with Crippen LogP contribution in [0, 0.1) is 19.7 Å². The molecule has 0 saturated heterocycles. The second-order valence-corrected chi connectivity index (χ2v) is 4.20. The van der Waals surface area contributed by atoms with Crippen molar-refractivity contribution in [1.82, 2.24) is 19.6 Å². The lowest BCUT2D eigenvalue weighted by atomic mass is 10.1. The predicted molar refractivity (Wildman–Crippen MR) is 62.7 cm³/mol. The first kappa shape index (κ1) is 10.4. The summed E-state index contributed by atoms with van der Waals surface area (Å²) in [5, 5.41) is 4.61. The second kappa shape index (κ2) is 3.37. The van der Waals surface area contributed by atoms with E-state index in [9.17, 15) is 4.39 Å². The predicted octanol–water partition coefficient (Wildman–Crippen LogP) is 2.69. The van der Waals surface area contributed by atoms with Crippen LogP contribution in [-0.4, -0.2) is 19.6 Å². The standard InChI is InChI=1S/C11H8ClFN4/c1-5-3-4-7-8(9(5)13)10-14-6(2)16-17(10)11(12)15-7/h3-4H,1-2H3. The largest absolute Gasteiger partial charge is 0.226 e. The smallest absolute Gasteiger partial charge is 0.218 e. The minimum atomic E-state index is -0.330. The van der Waals surface area contributed by atoms with E-state index >= 15 is 0 Å². The molecule has 0 unspecified atom stereocenters. The Hall–Kier alpha value is -1.75. The van der Waals surface area contributed by atoms with Crippen molar-refractivity contribution in [3.8, 4) is 0 Å². The van der Waals surface area contributed by atoms with E-state index in [0.717, 1.165) is 0 Å². The molecule has 0 aliphatic rings. The average molecular weight is 251 g/mol. The Balaban J connectivity index is 2.65. The van der Waals surface area contributed by atoms with Gasteiger partial charge in [-0.25, -0.2) is 14.4 Å². The minimum absolute atomic E-state index is 0.177. The quantitative estimate of drug-likeness (QED) is 0.576. The van der Waals surface area contributed by atoms with Gasteiger partial charge in [0.1, 0.15) is 11.6 Å². The van der Waals surface area contributed by atoms with Crippen molar-refractivity contribution >= 4 is 28.2 Å². The molecule has 0 amide bonds. The first-order chi connectivity index (χ1) is 8.08. The van der Waals surface area contributed by atoms with Crippen LogP contribution in [0.15, 0.2) is 12.1 Å². The van der Waals surface area contributed by atoms with Crippen LogP contribution in [0.5, 0.6) is 0 Å². The van der Waals surface area contributed by atoms with Gasteiger partial charge >= 0.3 is 0 Å². The minimum Gasteiger partial charge on any atom is -0.218 e. The van der Waals surface area contributed by atoms with Crippen molar-refractivity contribution in [2.24, 2.45) is 0 Å². The van der Waals surface area contributed by atoms with Crippen molar-refractivity contribution < 1.29 is 4.39 Å². The zero-order valence-corrected chi connectivity index (χ0v) is 9.96. The lowest BCUT2D eigenvalue weighted by Crippen LogP contribution is -1.97. The average Bonchev–Trinajstić information content (AvgIpc) is 2.66. The van der Waals surface area contributed by atoms with Gasteiger partial charge in [-0.3, -0.25) is 0 Å². The van der Waals surface area contributed by atoms with Crippen LogP contribution < -0.4 is 0 Å². The highest BCUT2D eigenvalue weighted by Gasteiger charge is 2.15. The monoisotopic (exact) mass is 250 g/mol. The van der Waals surface area contributed by atoms with Gasteiger partial charge < -0.3 is 0 Å². The van der Waals surface area contributed by atoms with Gasteiger partial charge in [0, 0.05) is 0 Å². The number of aromatic nitrogens is 4. The van der Waals surface area contributed by atoms with Crippen molar-refractivity contribution in [3.05, 3.63) is 34.6 Å². The second-order valence-electron chi connectivity index (χ2n) is 3.87. The van der Waals surface area contributed by atoms with E-state index < -0.39 is 0 Å². The van der Waals surface area contributed by atoms with Gasteiger partial charge in [0.05, 0.1) is 10.9 Å². The summed E-state index contributed by atoms with van der Waals surface area (Å²) in [5.74, 6) is 0.200. The molecular formula is C11H8ClFN4. The van der Waals surface area contributed by atoms with E-state index in [4.69, 9.17) is 11.6 Å². The Morgan fingerprint density at radius 1 is 1.24 bits per heavy atom. The Labute approximate surface area is 101 Å². The SMILES string of the molecule is Cc1nc2c3c(F)c(C)ccc3nc(Cl)n2n1. The number of aryl methyl sites for hydroxylation is 2. The molecule has 4 nitrogen and oxygen atoms in total. The van der Waals surface area contributed by atoms with Gasteiger partial charge in [0.25, 0.3) is 0 Å². The molecule has 0 bridgehead atoms.